The largest absolute Gasteiger partial charge is 0.469 e. The highest BCUT2D eigenvalue weighted by Gasteiger charge is 2.26. The molecule has 2 rings (SSSR count). The van der Waals surface area contributed by atoms with E-state index in [0.29, 0.717) is 44.1 Å². The molecule has 0 unspecified atom stereocenters. The number of allylic oxidation sites excluding steroid dienone is 1. The lowest BCUT2D eigenvalue weighted by Gasteiger charge is -2.08. The lowest BCUT2D eigenvalue weighted by molar-refractivity contribution is -0.140. The van der Waals surface area contributed by atoms with E-state index in [1.807, 2.05) is 0 Å². The number of ketones is 1. The number of rotatable bonds is 8. The van der Waals surface area contributed by atoms with Crippen LogP contribution < -0.4 is 0 Å². The van der Waals surface area contributed by atoms with Crippen LogP contribution in [0, 0.1) is 0 Å². The number of methoxy groups -OCH3 is 1. The lowest BCUT2D eigenvalue weighted by Crippen LogP contribution is -2.10. The molecule has 1 aliphatic carbocycles. The van der Waals surface area contributed by atoms with Crippen LogP contribution in [0.5, 0.6) is 0 Å². The Morgan fingerprint density at radius 3 is 2.50 bits per heavy atom. The van der Waals surface area contributed by atoms with Crippen LogP contribution in [0.3, 0.4) is 0 Å². The summed E-state index contributed by atoms with van der Waals surface area (Å²) < 4.78 is 29.6. The Kier molecular flexibility index (Phi) is 6.31. The Labute approximate surface area is 142 Å². The van der Waals surface area contributed by atoms with Gasteiger partial charge in [0.25, 0.3) is 0 Å². The maximum Gasteiger partial charge on any atom is 0.305 e. The first-order chi connectivity index (χ1) is 11.4. The van der Waals surface area contributed by atoms with Gasteiger partial charge in [0.1, 0.15) is 0 Å². The normalized spacial score (nSPS) is 15.0. The van der Waals surface area contributed by atoms with Crippen molar-refractivity contribution in [3.05, 3.63) is 41.5 Å². The van der Waals surface area contributed by atoms with Gasteiger partial charge in [-0.05, 0) is 49.0 Å². The summed E-state index contributed by atoms with van der Waals surface area (Å²) in [6.45, 7) is 0. The van der Waals surface area contributed by atoms with Gasteiger partial charge in [-0.2, -0.15) is 0 Å². The number of carbonyl (C=O) groups excluding carboxylic acids is 2. The SMILES string of the molecule is COC(=O)CCCCC1=C(CS(=O)(=O)c2ccccc2)CCC1=O. The van der Waals surface area contributed by atoms with Gasteiger partial charge in [0.15, 0.2) is 15.6 Å². The molecule has 0 heterocycles. The number of benzene rings is 1. The van der Waals surface area contributed by atoms with E-state index in [1.54, 1.807) is 30.3 Å². The summed E-state index contributed by atoms with van der Waals surface area (Å²) in [5.41, 5.74) is 1.36. The molecule has 0 saturated carbocycles. The molecule has 6 heteroatoms. The summed E-state index contributed by atoms with van der Waals surface area (Å²) >= 11 is 0. The standard InChI is InChI=1S/C18H22O5S/c1-23-18(20)10-6-5-9-16-14(11-12-17(16)19)13-24(21,22)15-7-3-2-4-8-15/h2-4,7-8H,5-6,9-13H2,1H3. The third kappa shape index (κ3) is 4.77. The molecule has 0 fully saturated rings. The Balaban J connectivity index is 2.04. The number of unbranched alkanes of at least 4 members (excludes halogenated alkanes) is 1. The number of ether oxygens (including phenoxy) is 1. The number of hydrogen-bond donors (Lipinski definition) is 0. The van der Waals surface area contributed by atoms with Crippen LogP contribution in [0.1, 0.15) is 38.5 Å². The van der Waals surface area contributed by atoms with Gasteiger partial charge in [-0.25, -0.2) is 8.42 Å². The van der Waals surface area contributed by atoms with E-state index in [-0.39, 0.29) is 22.4 Å². The van der Waals surface area contributed by atoms with E-state index in [4.69, 9.17) is 0 Å². The van der Waals surface area contributed by atoms with Crippen molar-refractivity contribution in [1.29, 1.82) is 0 Å². The lowest BCUT2D eigenvalue weighted by atomic mass is 10.0. The molecule has 0 radical (unpaired) electrons. The van der Waals surface area contributed by atoms with Gasteiger partial charge in [0.05, 0.1) is 17.8 Å². The molecule has 0 atom stereocenters. The van der Waals surface area contributed by atoms with E-state index in [2.05, 4.69) is 4.74 Å². The fourth-order valence-corrected chi connectivity index (χ4v) is 4.37. The predicted octanol–water partition coefficient (Wildman–Crippen LogP) is 2.85. The van der Waals surface area contributed by atoms with E-state index >= 15 is 0 Å². The van der Waals surface area contributed by atoms with Gasteiger partial charge < -0.3 is 4.74 Å². The molecule has 0 saturated heterocycles. The minimum absolute atomic E-state index is 0.0336. The van der Waals surface area contributed by atoms with Crippen molar-refractivity contribution in [1.82, 2.24) is 0 Å². The average Bonchev–Trinajstić information content (AvgIpc) is 2.91. The first-order valence-electron chi connectivity index (χ1n) is 8.03. The predicted molar refractivity (Wildman–Crippen MR) is 90.2 cm³/mol. The first-order valence-corrected chi connectivity index (χ1v) is 9.68. The molecule has 0 aliphatic heterocycles. The summed E-state index contributed by atoms with van der Waals surface area (Å²) in [6.07, 6.45) is 3.03. The number of sulfone groups is 1. The summed E-state index contributed by atoms with van der Waals surface area (Å²) in [5, 5.41) is 0. The second kappa shape index (κ2) is 8.24. The Morgan fingerprint density at radius 1 is 1.12 bits per heavy atom. The molecule has 0 N–H and O–H groups in total. The molecule has 1 aliphatic rings. The van der Waals surface area contributed by atoms with Crippen LogP contribution in [0.25, 0.3) is 0 Å². The number of hydrogen-bond acceptors (Lipinski definition) is 5. The highest BCUT2D eigenvalue weighted by molar-refractivity contribution is 7.91. The maximum absolute atomic E-state index is 12.5. The van der Waals surface area contributed by atoms with Crippen molar-refractivity contribution in [3.63, 3.8) is 0 Å². The molecule has 0 spiro atoms. The first kappa shape index (κ1) is 18.4. The molecular weight excluding hydrogens is 328 g/mol. The van der Waals surface area contributed by atoms with Crippen molar-refractivity contribution in [3.8, 4) is 0 Å². The molecular formula is C18H22O5S. The minimum atomic E-state index is -3.43. The van der Waals surface area contributed by atoms with Crippen molar-refractivity contribution in [2.24, 2.45) is 0 Å². The van der Waals surface area contributed by atoms with Gasteiger partial charge in [-0.1, -0.05) is 18.2 Å². The molecule has 24 heavy (non-hydrogen) atoms. The van der Waals surface area contributed by atoms with E-state index in [1.165, 1.54) is 7.11 Å². The van der Waals surface area contributed by atoms with Crippen LogP contribution in [0.2, 0.25) is 0 Å². The van der Waals surface area contributed by atoms with Gasteiger partial charge in [0, 0.05) is 12.8 Å². The van der Waals surface area contributed by atoms with Gasteiger partial charge >= 0.3 is 5.97 Å². The van der Waals surface area contributed by atoms with Crippen molar-refractivity contribution < 1.29 is 22.7 Å². The van der Waals surface area contributed by atoms with E-state index < -0.39 is 9.84 Å². The summed E-state index contributed by atoms with van der Waals surface area (Å²) in [7, 11) is -2.09. The maximum atomic E-state index is 12.5. The Hall–Kier alpha value is -1.95. The Bertz CT molecular complexity index is 732. The molecule has 0 aromatic heterocycles. The highest BCUT2D eigenvalue weighted by Crippen LogP contribution is 2.29. The van der Waals surface area contributed by atoms with E-state index in [9.17, 15) is 18.0 Å². The molecule has 5 nitrogen and oxygen atoms in total. The molecule has 0 bridgehead atoms. The van der Waals surface area contributed by atoms with E-state index in [0.717, 1.165) is 5.57 Å². The zero-order valence-corrected chi connectivity index (χ0v) is 14.6. The topological polar surface area (TPSA) is 77.5 Å². The quantitative estimate of drug-likeness (QED) is 0.532. The van der Waals surface area contributed by atoms with Crippen molar-refractivity contribution in [2.45, 2.75) is 43.4 Å². The summed E-state index contributed by atoms with van der Waals surface area (Å²) in [4.78, 5) is 23.4. The van der Waals surface area contributed by atoms with Gasteiger partial charge in [-0.3, -0.25) is 9.59 Å². The van der Waals surface area contributed by atoms with Crippen LogP contribution in [0.15, 0.2) is 46.4 Å². The molecule has 1 aromatic carbocycles. The fraction of sp³-hybridized carbons (Fsp3) is 0.444. The summed E-state index contributed by atoms with van der Waals surface area (Å²) in [5.74, 6) is -0.338. The number of esters is 1. The smallest absolute Gasteiger partial charge is 0.305 e. The molecule has 1 aromatic rings. The zero-order valence-electron chi connectivity index (χ0n) is 13.8. The number of carbonyl (C=O) groups is 2. The van der Waals surface area contributed by atoms with Crippen LogP contribution in [-0.4, -0.2) is 33.0 Å². The third-order valence-electron chi connectivity index (χ3n) is 4.17. The zero-order chi connectivity index (χ0) is 17.6. The number of Topliss-reactive ketones (excluding diaryl/α,β-unsaturated/α-hetero) is 1. The van der Waals surface area contributed by atoms with Crippen LogP contribution >= 0.6 is 0 Å². The van der Waals surface area contributed by atoms with Crippen LogP contribution in [0.4, 0.5) is 0 Å². The molecule has 0 amide bonds. The third-order valence-corrected chi connectivity index (χ3v) is 5.89. The summed E-state index contributed by atoms with van der Waals surface area (Å²) in [6, 6.07) is 8.29. The van der Waals surface area contributed by atoms with Crippen LogP contribution in [-0.2, 0) is 24.2 Å². The second-order valence-corrected chi connectivity index (χ2v) is 7.85. The van der Waals surface area contributed by atoms with Crippen molar-refractivity contribution in [2.75, 3.05) is 12.9 Å². The highest BCUT2D eigenvalue weighted by atomic mass is 32.2. The Morgan fingerprint density at radius 2 is 1.83 bits per heavy atom. The van der Waals surface area contributed by atoms with Gasteiger partial charge in [-0.15, -0.1) is 0 Å². The molecule has 130 valence electrons. The second-order valence-electron chi connectivity index (χ2n) is 5.86. The average molecular weight is 350 g/mol. The fourth-order valence-electron chi connectivity index (χ4n) is 2.85. The minimum Gasteiger partial charge on any atom is -0.469 e. The monoisotopic (exact) mass is 350 g/mol. The van der Waals surface area contributed by atoms with Gasteiger partial charge in [0.2, 0.25) is 0 Å². The van der Waals surface area contributed by atoms with Crippen molar-refractivity contribution >= 4 is 21.6 Å².